The minimum absolute atomic E-state index is 0.0960. The van der Waals surface area contributed by atoms with Crippen LogP contribution in [0.1, 0.15) is 30.1 Å². The molecule has 0 heterocycles. The van der Waals surface area contributed by atoms with Crippen LogP contribution in [0.3, 0.4) is 0 Å². The lowest BCUT2D eigenvalue weighted by Crippen LogP contribution is -2.22. The fourth-order valence-corrected chi connectivity index (χ4v) is 1.72. The first-order chi connectivity index (χ1) is 7.45. The summed E-state index contributed by atoms with van der Waals surface area (Å²) in [7, 11) is 0. The normalized spacial score (nSPS) is 12.6. The molecule has 0 aliphatic carbocycles. The lowest BCUT2D eigenvalue weighted by molar-refractivity contribution is 0.0973. The average molecular weight is 264 g/mol. The largest absolute Gasteiger partial charge is 0.327 e. The van der Waals surface area contributed by atoms with Gasteiger partial charge in [-0.25, -0.2) is 4.39 Å². The summed E-state index contributed by atoms with van der Waals surface area (Å²) in [5, 5.41) is 0.0565. The van der Waals surface area contributed by atoms with Crippen LogP contribution in [0.25, 0.3) is 0 Å². The Hall–Kier alpha value is -0.640. The SMILES string of the molecule is CCC(N)CC(=O)c1cc(F)c(Cl)cc1Cl. The smallest absolute Gasteiger partial charge is 0.166 e. The molecule has 5 heteroatoms. The number of hydrogen-bond donors (Lipinski definition) is 1. The molecule has 1 unspecified atom stereocenters. The van der Waals surface area contributed by atoms with Crippen LogP contribution in [0.4, 0.5) is 4.39 Å². The Bertz CT molecular complexity index is 409. The van der Waals surface area contributed by atoms with Crippen molar-refractivity contribution in [2.75, 3.05) is 0 Å². The molecule has 88 valence electrons. The van der Waals surface area contributed by atoms with Crippen LogP contribution in [0.2, 0.25) is 10.0 Å². The number of carbonyl (C=O) groups excluding carboxylic acids is 1. The predicted octanol–water partition coefficient (Wildman–Crippen LogP) is 3.44. The molecule has 0 saturated heterocycles. The molecule has 1 atom stereocenters. The first-order valence-electron chi connectivity index (χ1n) is 4.89. The number of nitrogens with two attached hydrogens (primary N) is 1. The molecule has 0 aliphatic heterocycles. The van der Waals surface area contributed by atoms with Crippen molar-refractivity contribution in [3.8, 4) is 0 Å². The average Bonchev–Trinajstić information content (AvgIpc) is 2.23. The van der Waals surface area contributed by atoms with E-state index >= 15 is 0 Å². The summed E-state index contributed by atoms with van der Waals surface area (Å²) in [5.41, 5.74) is 5.78. The Balaban J connectivity index is 2.96. The Morgan fingerprint density at radius 2 is 2.06 bits per heavy atom. The Morgan fingerprint density at radius 1 is 1.44 bits per heavy atom. The van der Waals surface area contributed by atoms with Gasteiger partial charge in [-0.2, -0.15) is 0 Å². The fourth-order valence-electron chi connectivity index (χ4n) is 1.23. The number of ketones is 1. The van der Waals surface area contributed by atoms with Crippen molar-refractivity contribution < 1.29 is 9.18 Å². The molecule has 0 aliphatic rings. The van der Waals surface area contributed by atoms with Gasteiger partial charge in [-0.05, 0) is 18.6 Å². The highest BCUT2D eigenvalue weighted by Gasteiger charge is 2.16. The summed E-state index contributed by atoms with van der Waals surface area (Å²) in [6.45, 7) is 1.88. The number of benzene rings is 1. The molecule has 2 nitrogen and oxygen atoms in total. The second-order valence-corrected chi connectivity index (χ2v) is 4.36. The summed E-state index contributed by atoms with van der Waals surface area (Å²) < 4.78 is 13.2. The number of rotatable bonds is 4. The highest BCUT2D eigenvalue weighted by atomic mass is 35.5. The zero-order chi connectivity index (χ0) is 12.3. The Morgan fingerprint density at radius 3 is 2.62 bits per heavy atom. The van der Waals surface area contributed by atoms with Gasteiger partial charge in [0.2, 0.25) is 0 Å². The van der Waals surface area contributed by atoms with E-state index in [1.807, 2.05) is 6.92 Å². The van der Waals surface area contributed by atoms with Crippen molar-refractivity contribution in [1.29, 1.82) is 0 Å². The molecule has 1 aromatic rings. The molecule has 0 radical (unpaired) electrons. The van der Waals surface area contributed by atoms with Gasteiger partial charge in [-0.15, -0.1) is 0 Å². The summed E-state index contributed by atoms with van der Waals surface area (Å²) in [6.07, 6.45) is 0.830. The maximum absolute atomic E-state index is 13.2. The maximum atomic E-state index is 13.2. The summed E-state index contributed by atoms with van der Waals surface area (Å²) in [5.74, 6) is -0.922. The molecule has 0 bridgehead atoms. The second kappa shape index (κ2) is 5.62. The minimum Gasteiger partial charge on any atom is -0.327 e. The highest BCUT2D eigenvalue weighted by molar-refractivity contribution is 6.36. The van der Waals surface area contributed by atoms with Gasteiger partial charge in [0.1, 0.15) is 5.82 Å². The molecule has 1 rings (SSSR count). The highest BCUT2D eigenvalue weighted by Crippen LogP contribution is 2.25. The zero-order valence-corrected chi connectivity index (χ0v) is 10.3. The topological polar surface area (TPSA) is 43.1 Å². The second-order valence-electron chi connectivity index (χ2n) is 3.54. The van der Waals surface area contributed by atoms with Gasteiger partial charge in [0.05, 0.1) is 10.0 Å². The number of Topliss-reactive ketones (excluding diaryl/α,β-unsaturated/α-hetero) is 1. The van der Waals surface area contributed by atoms with Crippen LogP contribution >= 0.6 is 23.2 Å². The molecule has 0 aromatic heterocycles. The van der Waals surface area contributed by atoms with E-state index in [4.69, 9.17) is 28.9 Å². The third-order valence-corrected chi connectivity index (χ3v) is 2.88. The van der Waals surface area contributed by atoms with Crippen molar-refractivity contribution in [3.05, 3.63) is 33.6 Å². The third-order valence-electron chi connectivity index (χ3n) is 2.28. The Kier molecular flexibility index (Phi) is 4.71. The molecule has 1 aromatic carbocycles. The number of halogens is 3. The van der Waals surface area contributed by atoms with Crippen molar-refractivity contribution >= 4 is 29.0 Å². The van der Waals surface area contributed by atoms with E-state index < -0.39 is 5.82 Å². The molecular formula is C11H12Cl2FNO. The van der Waals surface area contributed by atoms with E-state index in [9.17, 15) is 9.18 Å². The van der Waals surface area contributed by atoms with Crippen LogP contribution in [0.5, 0.6) is 0 Å². The molecule has 0 fully saturated rings. The predicted molar refractivity (Wildman–Crippen MR) is 63.6 cm³/mol. The summed E-state index contributed by atoms with van der Waals surface area (Å²) >= 11 is 11.3. The van der Waals surface area contributed by atoms with Gasteiger partial charge < -0.3 is 5.73 Å². The summed E-state index contributed by atoms with van der Waals surface area (Å²) in [4.78, 5) is 11.7. The van der Waals surface area contributed by atoms with E-state index in [1.54, 1.807) is 0 Å². The number of carbonyl (C=O) groups is 1. The van der Waals surface area contributed by atoms with E-state index in [0.717, 1.165) is 6.07 Å². The van der Waals surface area contributed by atoms with E-state index in [0.29, 0.717) is 6.42 Å². The van der Waals surface area contributed by atoms with Gasteiger partial charge in [0.25, 0.3) is 0 Å². The molecule has 0 amide bonds. The van der Waals surface area contributed by atoms with Crippen LogP contribution in [0, 0.1) is 5.82 Å². The molecule has 16 heavy (non-hydrogen) atoms. The van der Waals surface area contributed by atoms with Gasteiger partial charge in [0, 0.05) is 18.0 Å². The van der Waals surface area contributed by atoms with Crippen molar-refractivity contribution in [2.24, 2.45) is 5.73 Å². The number of hydrogen-bond acceptors (Lipinski definition) is 2. The molecule has 0 saturated carbocycles. The molecule has 2 N–H and O–H groups in total. The van der Waals surface area contributed by atoms with Crippen LogP contribution < -0.4 is 5.73 Å². The quantitative estimate of drug-likeness (QED) is 0.668. The lowest BCUT2D eigenvalue weighted by Gasteiger charge is -2.09. The fraction of sp³-hybridized carbons (Fsp3) is 0.364. The van der Waals surface area contributed by atoms with E-state index in [-0.39, 0.29) is 33.9 Å². The third kappa shape index (κ3) is 3.17. The van der Waals surface area contributed by atoms with Gasteiger partial charge in [0.15, 0.2) is 5.78 Å². The van der Waals surface area contributed by atoms with E-state index in [1.165, 1.54) is 6.07 Å². The monoisotopic (exact) mass is 263 g/mol. The van der Waals surface area contributed by atoms with Crippen LogP contribution in [-0.2, 0) is 0 Å². The zero-order valence-electron chi connectivity index (χ0n) is 8.77. The molecular weight excluding hydrogens is 252 g/mol. The summed E-state index contributed by atoms with van der Waals surface area (Å²) in [6, 6.07) is 2.04. The standard InChI is InChI=1S/C11H12Cl2FNO/c1-2-6(15)3-11(16)7-4-10(14)9(13)5-8(7)12/h4-6H,2-3,15H2,1H3. The Labute approximate surface area is 104 Å². The van der Waals surface area contributed by atoms with Gasteiger partial charge in [-0.3, -0.25) is 4.79 Å². The molecule has 0 spiro atoms. The van der Waals surface area contributed by atoms with Gasteiger partial charge >= 0.3 is 0 Å². The minimum atomic E-state index is -0.653. The van der Waals surface area contributed by atoms with Gasteiger partial charge in [-0.1, -0.05) is 30.1 Å². The first-order valence-corrected chi connectivity index (χ1v) is 5.64. The first kappa shape index (κ1) is 13.4. The van der Waals surface area contributed by atoms with Crippen LogP contribution in [-0.4, -0.2) is 11.8 Å². The lowest BCUT2D eigenvalue weighted by atomic mass is 10.0. The van der Waals surface area contributed by atoms with Crippen molar-refractivity contribution in [2.45, 2.75) is 25.8 Å². The van der Waals surface area contributed by atoms with Crippen molar-refractivity contribution in [3.63, 3.8) is 0 Å². The van der Waals surface area contributed by atoms with E-state index in [2.05, 4.69) is 0 Å². The van der Waals surface area contributed by atoms with Crippen molar-refractivity contribution in [1.82, 2.24) is 0 Å². The van der Waals surface area contributed by atoms with Crippen LogP contribution in [0.15, 0.2) is 12.1 Å². The maximum Gasteiger partial charge on any atom is 0.166 e.